The minimum atomic E-state index is -0.0732. The maximum Gasteiger partial charge on any atom is 0.211 e. The summed E-state index contributed by atoms with van der Waals surface area (Å²) in [6.07, 6.45) is 2.59. The summed E-state index contributed by atoms with van der Waals surface area (Å²) in [5.41, 5.74) is 5.77. The number of rotatable bonds is 4. The van der Waals surface area contributed by atoms with Crippen LogP contribution in [0.5, 0.6) is 0 Å². The molecule has 0 aliphatic heterocycles. The minimum Gasteiger partial charge on any atom is -0.443 e. The van der Waals surface area contributed by atoms with Crippen LogP contribution in [0, 0.1) is 0 Å². The highest BCUT2D eigenvalue weighted by Gasteiger charge is 2.10. The van der Waals surface area contributed by atoms with Gasteiger partial charge in [0.15, 0.2) is 0 Å². The molecule has 13 heavy (non-hydrogen) atoms. The van der Waals surface area contributed by atoms with Gasteiger partial charge in [-0.3, -0.25) is 0 Å². The lowest BCUT2D eigenvalue weighted by molar-refractivity contribution is 0.331. The molecular weight excluding hydrogens is 166 g/mol. The molecule has 1 heterocycles. The molecule has 0 spiro atoms. The van der Waals surface area contributed by atoms with E-state index in [0.29, 0.717) is 5.89 Å². The van der Waals surface area contributed by atoms with Crippen molar-refractivity contribution in [1.29, 1.82) is 0 Å². The average Bonchev–Trinajstić information content (AvgIpc) is 2.50. The van der Waals surface area contributed by atoms with Crippen LogP contribution in [0.4, 0.5) is 0 Å². The molecule has 74 valence electrons. The lowest BCUT2D eigenvalue weighted by Crippen LogP contribution is -2.10. The zero-order valence-electron chi connectivity index (χ0n) is 8.45. The van der Waals surface area contributed by atoms with E-state index in [1.807, 2.05) is 25.9 Å². The highest BCUT2D eigenvalue weighted by Crippen LogP contribution is 2.14. The topological polar surface area (TPSA) is 55.3 Å². The molecule has 1 rings (SSSR count). The van der Waals surface area contributed by atoms with E-state index in [1.165, 1.54) is 0 Å². The van der Waals surface area contributed by atoms with Crippen LogP contribution in [0.25, 0.3) is 0 Å². The van der Waals surface area contributed by atoms with Gasteiger partial charge < -0.3 is 15.1 Å². The van der Waals surface area contributed by atoms with Gasteiger partial charge in [0, 0.05) is 0 Å². The van der Waals surface area contributed by atoms with Gasteiger partial charge in [0.05, 0.1) is 18.8 Å². The van der Waals surface area contributed by atoms with Crippen molar-refractivity contribution >= 4 is 0 Å². The third-order valence-electron chi connectivity index (χ3n) is 1.80. The highest BCUT2D eigenvalue weighted by molar-refractivity contribution is 4.97. The van der Waals surface area contributed by atoms with Crippen LogP contribution in [0.2, 0.25) is 0 Å². The molecule has 4 heteroatoms. The predicted molar refractivity (Wildman–Crippen MR) is 51.1 cm³/mol. The SMILES string of the molecule is CC[C@H](N)c1ncc(CN(C)C)o1. The summed E-state index contributed by atoms with van der Waals surface area (Å²) in [6.45, 7) is 2.78. The Morgan fingerprint density at radius 3 is 2.85 bits per heavy atom. The molecule has 0 amide bonds. The van der Waals surface area contributed by atoms with E-state index in [9.17, 15) is 0 Å². The summed E-state index contributed by atoms with van der Waals surface area (Å²) in [6, 6.07) is -0.0732. The Balaban J connectivity index is 2.63. The Labute approximate surface area is 78.7 Å². The van der Waals surface area contributed by atoms with E-state index in [2.05, 4.69) is 4.98 Å². The Bertz CT molecular complexity index is 257. The quantitative estimate of drug-likeness (QED) is 0.760. The first-order chi connectivity index (χ1) is 6.13. The molecule has 1 aromatic heterocycles. The van der Waals surface area contributed by atoms with Gasteiger partial charge in [-0.25, -0.2) is 4.98 Å². The van der Waals surface area contributed by atoms with Crippen molar-refractivity contribution in [1.82, 2.24) is 9.88 Å². The number of hydrogen-bond donors (Lipinski definition) is 1. The van der Waals surface area contributed by atoms with Crippen LogP contribution in [-0.2, 0) is 6.54 Å². The number of nitrogens with zero attached hydrogens (tertiary/aromatic N) is 2. The van der Waals surface area contributed by atoms with Crippen LogP contribution in [-0.4, -0.2) is 24.0 Å². The van der Waals surface area contributed by atoms with Crippen molar-refractivity contribution in [3.63, 3.8) is 0 Å². The van der Waals surface area contributed by atoms with E-state index >= 15 is 0 Å². The first kappa shape index (κ1) is 10.2. The number of nitrogens with two attached hydrogens (primary N) is 1. The van der Waals surface area contributed by atoms with E-state index in [-0.39, 0.29) is 6.04 Å². The minimum absolute atomic E-state index is 0.0732. The number of oxazole rings is 1. The predicted octanol–water partition coefficient (Wildman–Crippen LogP) is 1.15. The zero-order valence-corrected chi connectivity index (χ0v) is 8.45. The van der Waals surface area contributed by atoms with Crippen molar-refractivity contribution in [3.05, 3.63) is 17.8 Å². The zero-order chi connectivity index (χ0) is 9.84. The van der Waals surface area contributed by atoms with Gasteiger partial charge in [-0.05, 0) is 20.5 Å². The second-order valence-corrected chi connectivity index (χ2v) is 3.42. The van der Waals surface area contributed by atoms with Gasteiger partial charge in [-0.1, -0.05) is 6.92 Å². The lowest BCUT2D eigenvalue weighted by Gasteiger charge is -2.06. The van der Waals surface area contributed by atoms with Gasteiger partial charge in [-0.15, -0.1) is 0 Å². The van der Waals surface area contributed by atoms with Gasteiger partial charge in [0.1, 0.15) is 5.76 Å². The van der Waals surface area contributed by atoms with Gasteiger partial charge in [0.25, 0.3) is 0 Å². The second-order valence-electron chi connectivity index (χ2n) is 3.42. The number of hydrogen-bond acceptors (Lipinski definition) is 4. The highest BCUT2D eigenvalue weighted by atomic mass is 16.4. The second kappa shape index (κ2) is 4.39. The molecule has 0 saturated heterocycles. The standard InChI is InChI=1S/C9H17N3O/c1-4-8(10)9-11-5-7(13-9)6-12(2)3/h5,8H,4,6,10H2,1-3H3/t8-/m0/s1. The van der Waals surface area contributed by atoms with Crippen LogP contribution >= 0.6 is 0 Å². The summed E-state index contributed by atoms with van der Waals surface area (Å²) in [5.74, 6) is 1.50. The molecule has 0 aliphatic carbocycles. The molecule has 0 aliphatic rings. The Morgan fingerprint density at radius 1 is 1.62 bits per heavy atom. The van der Waals surface area contributed by atoms with Crippen molar-refractivity contribution in [2.75, 3.05) is 14.1 Å². The summed E-state index contributed by atoms with van der Waals surface area (Å²) >= 11 is 0. The normalized spacial score (nSPS) is 13.6. The largest absolute Gasteiger partial charge is 0.443 e. The van der Waals surface area contributed by atoms with Crippen molar-refractivity contribution < 1.29 is 4.42 Å². The third-order valence-corrected chi connectivity index (χ3v) is 1.80. The van der Waals surface area contributed by atoms with Gasteiger partial charge in [0.2, 0.25) is 5.89 Å². The summed E-state index contributed by atoms with van der Waals surface area (Å²) < 4.78 is 5.47. The van der Waals surface area contributed by atoms with Crippen molar-refractivity contribution in [3.8, 4) is 0 Å². The summed E-state index contributed by atoms with van der Waals surface area (Å²) in [4.78, 5) is 6.15. The van der Waals surface area contributed by atoms with Crippen LogP contribution in [0.15, 0.2) is 10.6 Å². The number of aromatic nitrogens is 1. The lowest BCUT2D eigenvalue weighted by atomic mass is 10.2. The van der Waals surface area contributed by atoms with Gasteiger partial charge >= 0.3 is 0 Å². The smallest absolute Gasteiger partial charge is 0.211 e. The third kappa shape index (κ3) is 2.82. The first-order valence-electron chi connectivity index (χ1n) is 4.48. The summed E-state index contributed by atoms with van der Waals surface area (Å²) in [5, 5.41) is 0. The fourth-order valence-corrected chi connectivity index (χ4v) is 1.05. The first-order valence-corrected chi connectivity index (χ1v) is 4.48. The van der Waals surface area contributed by atoms with E-state index in [4.69, 9.17) is 10.2 Å². The van der Waals surface area contributed by atoms with Crippen molar-refractivity contribution in [2.24, 2.45) is 5.73 Å². The molecule has 4 nitrogen and oxygen atoms in total. The summed E-state index contributed by atoms with van der Waals surface area (Å²) in [7, 11) is 3.98. The molecule has 0 fully saturated rings. The Kier molecular flexibility index (Phi) is 3.45. The molecule has 0 radical (unpaired) electrons. The van der Waals surface area contributed by atoms with E-state index in [0.717, 1.165) is 18.7 Å². The van der Waals surface area contributed by atoms with Crippen molar-refractivity contribution in [2.45, 2.75) is 25.9 Å². The van der Waals surface area contributed by atoms with E-state index < -0.39 is 0 Å². The van der Waals surface area contributed by atoms with Crippen LogP contribution < -0.4 is 5.73 Å². The fraction of sp³-hybridized carbons (Fsp3) is 0.667. The molecule has 0 bridgehead atoms. The Morgan fingerprint density at radius 2 is 2.31 bits per heavy atom. The molecule has 1 atom stereocenters. The molecule has 0 aromatic carbocycles. The molecule has 1 aromatic rings. The molecule has 0 unspecified atom stereocenters. The maximum absolute atomic E-state index is 5.77. The van der Waals surface area contributed by atoms with Gasteiger partial charge in [-0.2, -0.15) is 0 Å². The maximum atomic E-state index is 5.77. The monoisotopic (exact) mass is 183 g/mol. The molecule has 0 saturated carbocycles. The van der Waals surface area contributed by atoms with Crippen LogP contribution in [0.3, 0.4) is 0 Å². The fourth-order valence-electron chi connectivity index (χ4n) is 1.05. The molecular formula is C9H17N3O. The van der Waals surface area contributed by atoms with E-state index in [1.54, 1.807) is 6.20 Å². The van der Waals surface area contributed by atoms with Crippen LogP contribution in [0.1, 0.15) is 31.0 Å². The average molecular weight is 183 g/mol. The molecule has 2 N–H and O–H groups in total. The Hall–Kier alpha value is -0.870.